The SMILES string of the molecule is CSCCNc1snc(C)c1C(C)=O. The Hall–Kier alpha value is -0.550. The fourth-order valence-corrected chi connectivity index (χ4v) is 2.35. The van der Waals surface area contributed by atoms with E-state index in [1.54, 1.807) is 18.7 Å². The number of hydrogen-bond donors (Lipinski definition) is 1. The van der Waals surface area contributed by atoms with E-state index in [1.807, 2.05) is 6.92 Å². The van der Waals surface area contributed by atoms with Crippen molar-refractivity contribution in [3.63, 3.8) is 0 Å². The Kier molecular flexibility index (Phi) is 4.41. The molecule has 1 N–H and O–H groups in total. The smallest absolute Gasteiger partial charge is 0.164 e. The molecule has 0 aliphatic heterocycles. The number of aromatic nitrogens is 1. The van der Waals surface area contributed by atoms with Gasteiger partial charge in [0.1, 0.15) is 5.00 Å². The van der Waals surface area contributed by atoms with E-state index in [4.69, 9.17) is 0 Å². The summed E-state index contributed by atoms with van der Waals surface area (Å²) in [5, 5.41) is 4.14. The predicted molar refractivity (Wildman–Crippen MR) is 63.7 cm³/mol. The van der Waals surface area contributed by atoms with Crippen LogP contribution < -0.4 is 5.32 Å². The van der Waals surface area contributed by atoms with Gasteiger partial charge < -0.3 is 5.32 Å². The average molecular weight is 230 g/mol. The van der Waals surface area contributed by atoms with Crippen LogP contribution in [0.4, 0.5) is 5.00 Å². The summed E-state index contributed by atoms with van der Waals surface area (Å²) < 4.78 is 4.17. The van der Waals surface area contributed by atoms with Gasteiger partial charge in [-0.2, -0.15) is 16.1 Å². The second-order valence-electron chi connectivity index (χ2n) is 2.95. The largest absolute Gasteiger partial charge is 0.374 e. The third kappa shape index (κ3) is 2.72. The fraction of sp³-hybridized carbons (Fsp3) is 0.556. The first kappa shape index (κ1) is 11.5. The van der Waals surface area contributed by atoms with E-state index >= 15 is 0 Å². The highest BCUT2D eigenvalue weighted by atomic mass is 32.2. The minimum absolute atomic E-state index is 0.0860. The van der Waals surface area contributed by atoms with Gasteiger partial charge in [-0.1, -0.05) is 0 Å². The van der Waals surface area contributed by atoms with Gasteiger partial charge in [0.05, 0.1) is 11.3 Å². The molecule has 1 heterocycles. The van der Waals surface area contributed by atoms with E-state index in [0.717, 1.165) is 28.6 Å². The zero-order chi connectivity index (χ0) is 10.6. The minimum Gasteiger partial charge on any atom is -0.374 e. The summed E-state index contributed by atoms with van der Waals surface area (Å²) >= 11 is 3.14. The Morgan fingerprint density at radius 1 is 1.64 bits per heavy atom. The van der Waals surface area contributed by atoms with Crippen molar-refractivity contribution in [3.8, 4) is 0 Å². The van der Waals surface area contributed by atoms with Gasteiger partial charge in [-0.3, -0.25) is 4.79 Å². The van der Waals surface area contributed by atoms with E-state index in [0.29, 0.717) is 0 Å². The molecule has 1 aromatic rings. The summed E-state index contributed by atoms with van der Waals surface area (Å²) in [6, 6.07) is 0. The Balaban J connectivity index is 2.71. The number of ketones is 1. The maximum atomic E-state index is 11.3. The molecule has 0 spiro atoms. The van der Waals surface area contributed by atoms with E-state index in [-0.39, 0.29) is 5.78 Å². The zero-order valence-electron chi connectivity index (χ0n) is 8.59. The van der Waals surface area contributed by atoms with E-state index in [2.05, 4.69) is 15.9 Å². The molecule has 0 unspecified atom stereocenters. The number of aryl methyl sites for hydroxylation is 1. The Morgan fingerprint density at radius 3 is 2.93 bits per heavy atom. The molecular formula is C9H14N2OS2. The van der Waals surface area contributed by atoms with Gasteiger partial charge in [0.25, 0.3) is 0 Å². The number of nitrogens with one attached hydrogen (secondary N) is 1. The molecule has 5 heteroatoms. The first-order valence-electron chi connectivity index (χ1n) is 4.36. The normalized spacial score (nSPS) is 10.2. The molecule has 14 heavy (non-hydrogen) atoms. The number of rotatable bonds is 5. The first-order chi connectivity index (χ1) is 6.66. The van der Waals surface area contributed by atoms with Gasteiger partial charge in [-0.15, -0.1) is 0 Å². The molecule has 3 nitrogen and oxygen atoms in total. The van der Waals surface area contributed by atoms with Crippen molar-refractivity contribution in [1.29, 1.82) is 0 Å². The lowest BCUT2D eigenvalue weighted by molar-refractivity contribution is 0.101. The quantitative estimate of drug-likeness (QED) is 0.623. The highest BCUT2D eigenvalue weighted by Gasteiger charge is 2.13. The third-order valence-electron chi connectivity index (χ3n) is 1.81. The van der Waals surface area contributed by atoms with Crippen LogP contribution in [-0.4, -0.2) is 28.7 Å². The first-order valence-corrected chi connectivity index (χ1v) is 6.53. The zero-order valence-corrected chi connectivity index (χ0v) is 10.2. The van der Waals surface area contributed by atoms with E-state index < -0.39 is 0 Å². The van der Waals surface area contributed by atoms with Gasteiger partial charge in [0.2, 0.25) is 0 Å². The second-order valence-corrected chi connectivity index (χ2v) is 4.71. The molecule has 0 bridgehead atoms. The molecule has 0 saturated heterocycles. The number of anilines is 1. The van der Waals surface area contributed by atoms with Crippen molar-refractivity contribution in [2.24, 2.45) is 0 Å². The lowest BCUT2D eigenvalue weighted by atomic mass is 10.2. The molecule has 0 amide bonds. The van der Waals surface area contributed by atoms with Crippen molar-refractivity contribution >= 4 is 34.1 Å². The number of hydrogen-bond acceptors (Lipinski definition) is 5. The summed E-state index contributed by atoms with van der Waals surface area (Å²) in [5.74, 6) is 1.12. The third-order valence-corrected chi connectivity index (χ3v) is 3.32. The van der Waals surface area contributed by atoms with Gasteiger partial charge in [-0.25, -0.2) is 0 Å². The Morgan fingerprint density at radius 2 is 2.36 bits per heavy atom. The van der Waals surface area contributed by atoms with Gasteiger partial charge >= 0.3 is 0 Å². The number of nitrogens with zero attached hydrogens (tertiary/aromatic N) is 1. The fourth-order valence-electron chi connectivity index (χ4n) is 1.17. The van der Waals surface area contributed by atoms with Crippen LogP contribution in [0.3, 0.4) is 0 Å². The monoisotopic (exact) mass is 230 g/mol. The standard InChI is InChI=1S/C9H14N2OS2/c1-6-8(7(2)12)9(14-11-6)10-4-5-13-3/h10H,4-5H2,1-3H3. The average Bonchev–Trinajstić information content (AvgIpc) is 2.47. The highest BCUT2D eigenvalue weighted by molar-refractivity contribution is 7.98. The van der Waals surface area contributed by atoms with Crippen molar-refractivity contribution in [1.82, 2.24) is 4.37 Å². The number of thioether (sulfide) groups is 1. The topological polar surface area (TPSA) is 42.0 Å². The molecular weight excluding hydrogens is 216 g/mol. The van der Waals surface area contributed by atoms with E-state index in [1.165, 1.54) is 11.5 Å². The van der Waals surface area contributed by atoms with Crippen LogP contribution in [-0.2, 0) is 0 Å². The lowest BCUT2D eigenvalue weighted by Gasteiger charge is -2.03. The van der Waals surface area contributed by atoms with Crippen molar-refractivity contribution in [2.75, 3.05) is 23.9 Å². The van der Waals surface area contributed by atoms with Gasteiger partial charge in [0, 0.05) is 12.3 Å². The molecule has 1 rings (SSSR count). The van der Waals surface area contributed by atoms with Crippen molar-refractivity contribution in [2.45, 2.75) is 13.8 Å². The molecule has 78 valence electrons. The van der Waals surface area contributed by atoms with Gasteiger partial charge in [-0.05, 0) is 31.6 Å². The van der Waals surface area contributed by atoms with Crippen LogP contribution in [0.5, 0.6) is 0 Å². The lowest BCUT2D eigenvalue weighted by Crippen LogP contribution is -2.06. The minimum atomic E-state index is 0.0860. The van der Waals surface area contributed by atoms with Crippen LogP contribution in [0, 0.1) is 6.92 Å². The maximum Gasteiger partial charge on any atom is 0.164 e. The molecule has 0 aromatic carbocycles. The number of Topliss-reactive ketones (excluding diaryl/α,β-unsaturated/α-hetero) is 1. The molecule has 0 atom stereocenters. The Bertz CT molecular complexity index is 323. The molecule has 0 radical (unpaired) electrons. The molecule has 0 aliphatic rings. The van der Waals surface area contributed by atoms with Crippen LogP contribution in [0.1, 0.15) is 23.0 Å². The summed E-state index contributed by atoms with van der Waals surface area (Å²) in [4.78, 5) is 11.3. The van der Waals surface area contributed by atoms with Crippen LogP contribution in [0.15, 0.2) is 0 Å². The molecule has 1 aromatic heterocycles. The molecule has 0 aliphatic carbocycles. The summed E-state index contributed by atoms with van der Waals surface area (Å²) in [6.07, 6.45) is 2.06. The number of carbonyl (C=O) groups is 1. The molecule has 0 fully saturated rings. The van der Waals surface area contributed by atoms with Crippen molar-refractivity contribution < 1.29 is 4.79 Å². The van der Waals surface area contributed by atoms with Gasteiger partial charge in [0.15, 0.2) is 5.78 Å². The molecule has 0 saturated carbocycles. The highest BCUT2D eigenvalue weighted by Crippen LogP contribution is 2.24. The number of carbonyl (C=O) groups excluding carboxylic acids is 1. The van der Waals surface area contributed by atoms with Crippen LogP contribution in [0.2, 0.25) is 0 Å². The Labute approximate surface area is 92.5 Å². The van der Waals surface area contributed by atoms with Crippen LogP contribution >= 0.6 is 23.3 Å². The summed E-state index contributed by atoms with van der Waals surface area (Å²) in [6.45, 7) is 4.33. The maximum absolute atomic E-state index is 11.3. The summed E-state index contributed by atoms with van der Waals surface area (Å²) in [7, 11) is 0. The van der Waals surface area contributed by atoms with E-state index in [9.17, 15) is 4.79 Å². The summed E-state index contributed by atoms with van der Waals surface area (Å²) in [5.41, 5.74) is 1.57. The second kappa shape index (κ2) is 5.36. The van der Waals surface area contributed by atoms with Crippen LogP contribution in [0.25, 0.3) is 0 Å². The van der Waals surface area contributed by atoms with Crippen molar-refractivity contribution in [3.05, 3.63) is 11.3 Å². The predicted octanol–water partition coefficient (Wildman–Crippen LogP) is 2.43.